The molecule has 8 nitrogen and oxygen atoms in total. The van der Waals surface area contributed by atoms with Gasteiger partial charge in [-0.05, 0) is 38.5 Å². The van der Waals surface area contributed by atoms with E-state index >= 15 is 0 Å². The predicted molar refractivity (Wildman–Crippen MR) is 105 cm³/mol. The van der Waals surface area contributed by atoms with Gasteiger partial charge in [0.1, 0.15) is 5.76 Å². The first-order chi connectivity index (χ1) is 13.4. The number of nitro benzene ring substituents is 1. The van der Waals surface area contributed by atoms with Gasteiger partial charge in [0.25, 0.3) is 11.6 Å². The quantitative estimate of drug-likeness (QED) is 0.385. The van der Waals surface area contributed by atoms with Crippen LogP contribution >= 0.6 is 11.6 Å². The zero-order chi connectivity index (χ0) is 20.7. The monoisotopic (exact) mass is 407 g/mol. The van der Waals surface area contributed by atoms with Gasteiger partial charge in [-0.3, -0.25) is 19.7 Å². The smallest absolute Gasteiger partial charge is 0.287 e. The summed E-state index contributed by atoms with van der Waals surface area (Å²) in [7, 11) is 0. The third-order valence-electron chi connectivity index (χ3n) is 4.23. The van der Waals surface area contributed by atoms with E-state index in [-0.39, 0.29) is 22.4 Å². The van der Waals surface area contributed by atoms with Crippen molar-refractivity contribution in [1.82, 2.24) is 10.2 Å². The van der Waals surface area contributed by atoms with Crippen LogP contribution in [0.1, 0.15) is 37.2 Å². The number of nitro groups is 1. The van der Waals surface area contributed by atoms with Gasteiger partial charge in [0, 0.05) is 43.8 Å². The lowest BCUT2D eigenvalue weighted by molar-refractivity contribution is -0.384. The summed E-state index contributed by atoms with van der Waals surface area (Å²) in [6.07, 6.45) is 0.895. The fraction of sp³-hybridized carbons (Fsp3) is 0.368. The molecule has 0 aliphatic rings. The van der Waals surface area contributed by atoms with Gasteiger partial charge in [-0.2, -0.15) is 0 Å². The van der Waals surface area contributed by atoms with Gasteiger partial charge < -0.3 is 14.6 Å². The Morgan fingerprint density at radius 1 is 1.21 bits per heavy atom. The van der Waals surface area contributed by atoms with E-state index < -0.39 is 10.8 Å². The van der Waals surface area contributed by atoms with E-state index in [4.69, 9.17) is 16.0 Å². The molecular formula is C19H22ClN3O5. The molecule has 0 saturated heterocycles. The Labute approximate surface area is 167 Å². The number of nitrogens with zero attached hydrogens (tertiary/aromatic N) is 2. The molecule has 150 valence electrons. The zero-order valence-electron chi connectivity index (χ0n) is 15.7. The lowest BCUT2D eigenvalue weighted by Gasteiger charge is -2.18. The van der Waals surface area contributed by atoms with E-state index in [1.807, 2.05) is 13.8 Å². The molecule has 0 fully saturated rings. The number of amides is 2. The Bertz CT molecular complexity index is 861. The van der Waals surface area contributed by atoms with Gasteiger partial charge in [0.05, 0.1) is 9.95 Å². The van der Waals surface area contributed by atoms with E-state index in [1.54, 1.807) is 11.0 Å². The van der Waals surface area contributed by atoms with Crippen LogP contribution < -0.4 is 5.32 Å². The van der Waals surface area contributed by atoms with Crippen LogP contribution in [0.5, 0.6) is 0 Å². The highest BCUT2D eigenvalue weighted by molar-refractivity contribution is 6.33. The highest BCUT2D eigenvalue weighted by atomic mass is 35.5. The molecule has 0 spiro atoms. The second-order valence-electron chi connectivity index (χ2n) is 6.01. The molecule has 1 N–H and O–H groups in total. The second-order valence-corrected chi connectivity index (χ2v) is 6.42. The van der Waals surface area contributed by atoms with E-state index in [1.165, 1.54) is 24.3 Å². The maximum absolute atomic E-state index is 12.2. The van der Waals surface area contributed by atoms with Crippen molar-refractivity contribution in [2.24, 2.45) is 0 Å². The number of benzene rings is 1. The van der Waals surface area contributed by atoms with Crippen molar-refractivity contribution in [2.75, 3.05) is 19.6 Å². The van der Waals surface area contributed by atoms with Crippen molar-refractivity contribution in [3.8, 4) is 11.3 Å². The number of hydrogen-bond donors (Lipinski definition) is 1. The van der Waals surface area contributed by atoms with Crippen LogP contribution in [-0.2, 0) is 4.79 Å². The average Bonchev–Trinajstić information content (AvgIpc) is 3.15. The van der Waals surface area contributed by atoms with E-state index in [0.717, 1.165) is 0 Å². The number of nitrogens with one attached hydrogen (secondary N) is 1. The largest absolute Gasteiger partial charge is 0.451 e. The van der Waals surface area contributed by atoms with E-state index in [0.29, 0.717) is 43.8 Å². The Kier molecular flexibility index (Phi) is 7.57. The minimum Gasteiger partial charge on any atom is -0.451 e. The Morgan fingerprint density at radius 3 is 2.54 bits per heavy atom. The van der Waals surface area contributed by atoms with Crippen molar-refractivity contribution in [2.45, 2.75) is 26.7 Å². The lowest BCUT2D eigenvalue weighted by atomic mass is 10.1. The molecule has 0 saturated carbocycles. The fourth-order valence-corrected chi connectivity index (χ4v) is 2.95. The molecule has 0 aliphatic heterocycles. The van der Waals surface area contributed by atoms with Crippen LogP contribution in [0.2, 0.25) is 5.02 Å². The zero-order valence-corrected chi connectivity index (χ0v) is 16.5. The summed E-state index contributed by atoms with van der Waals surface area (Å²) in [4.78, 5) is 36.1. The third kappa shape index (κ3) is 5.32. The molecule has 9 heteroatoms. The first-order valence-electron chi connectivity index (χ1n) is 8.97. The number of non-ortho nitro benzene ring substituents is 1. The molecule has 0 atom stereocenters. The van der Waals surface area contributed by atoms with Crippen LogP contribution in [-0.4, -0.2) is 41.3 Å². The van der Waals surface area contributed by atoms with Crippen molar-refractivity contribution in [3.05, 3.63) is 51.2 Å². The van der Waals surface area contributed by atoms with E-state index in [9.17, 15) is 19.7 Å². The topological polar surface area (TPSA) is 106 Å². The maximum atomic E-state index is 12.2. The number of hydrogen-bond acceptors (Lipinski definition) is 5. The lowest BCUT2D eigenvalue weighted by Crippen LogP contribution is -2.31. The SMILES string of the molecule is CCN(CC)C(=O)CCCNC(=O)c1ccc(-c2ccc([N+](=O)[O-])cc2Cl)o1. The summed E-state index contributed by atoms with van der Waals surface area (Å²) in [5.41, 5.74) is 0.327. The molecule has 0 unspecified atom stereocenters. The summed E-state index contributed by atoms with van der Waals surface area (Å²) < 4.78 is 5.52. The molecular weight excluding hydrogens is 386 g/mol. The number of furan rings is 1. The van der Waals surface area contributed by atoms with Gasteiger partial charge in [-0.25, -0.2) is 0 Å². The first kappa shape index (κ1) is 21.4. The van der Waals surface area contributed by atoms with Gasteiger partial charge in [-0.1, -0.05) is 11.6 Å². The third-order valence-corrected chi connectivity index (χ3v) is 4.54. The molecule has 2 rings (SSSR count). The molecule has 1 heterocycles. The fourth-order valence-electron chi connectivity index (χ4n) is 2.69. The summed E-state index contributed by atoms with van der Waals surface area (Å²) in [6, 6.07) is 7.09. The van der Waals surface area contributed by atoms with Crippen LogP contribution in [0.4, 0.5) is 5.69 Å². The normalized spacial score (nSPS) is 10.5. The summed E-state index contributed by atoms with van der Waals surface area (Å²) in [6.45, 7) is 5.54. The molecule has 28 heavy (non-hydrogen) atoms. The number of halogens is 1. The number of carbonyl (C=O) groups is 2. The molecule has 1 aromatic carbocycles. The summed E-state index contributed by atoms with van der Waals surface area (Å²) in [5, 5.41) is 13.6. The van der Waals surface area contributed by atoms with Crippen LogP contribution in [0.15, 0.2) is 34.7 Å². The average molecular weight is 408 g/mol. The Hall–Kier alpha value is -2.87. The van der Waals surface area contributed by atoms with Crippen molar-refractivity contribution in [1.29, 1.82) is 0 Å². The van der Waals surface area contributed by atoms with Crippen molar-refractivity contribution >= 4 is 29.1 Å². The minimum absolute atomic E-state index is 0.0624. The van der Waals surface area contributed by atoms with Crippen molar-refractivity contribution < 1.29 is 18.9 Å². The van der Waals surface area contributed by atoms with Gasteiger partial charge in [0.15, 0.2) is 5.76 Å². The van der Waals surface area contributed by atoms with Crippen LogP contribution in [0.3, 0.4) is 0 Å². The molecule has 2 aromatic rings. The highest BCUT2D eigenvalue weighted by Gasteiger charge is 2.16. The number of rotatable bonds is 9. The van der Waals surface area contributed by atoms with Gasteiger partial charge in [-0.15, -0.1) is 0 Å². The van der Waals surface area contributed by atoms with Crippen LogP contribution in [0.25, 0.3) is 11.3 Å². The van der Waals surface area contributed by atoms with Crippen molar-refractivity contribution in [3.63, 3.8) is 0 Å². The number of carbonyl (C=O) groups excluding carboxylic acids is 2. The van der Waals surface area contributed by atoms with Crippen LogP contribution in [0, 0.1) is 10.1 Å². The molecule has 0 radical (unpaired) electrons. The van der Waals surface area contributed by atoms with E-state index in [2.05, 4.69) is 5.32 Å². The molecule has 1 aromatic heterocycles. The maximum Gasteiger partial charge on any atom is 0.287 e. The van der Waals surface area contributed by atoms with Gasteiger partial charge in [0.2, 0.25) is 5.91 Å². The van der Waals surface area contributed by atoms with Gasteiger partial charge >= 0.3 is 0 Å². The molecule has 0 aliphatic carbocycles. The highest BCUT2D eigenvalue weighted by Crippen LogP contribution is 2.32. The summed E-state index contributed by atoms with van der Waals surface area (Å²) in [5.74, 6) is 0.0909. The predicted octanol–water partition coefficient (Wildman–Crippen LogP) is 3.89. The Balaban J connectivity index is 1.92. The molecule has 0 bridgehead atoms. The minimum atomic E-state index is -0.540. The molecule has 2 amide bonds. The Morgan fingerprint density at radius 2 is 1.93 bits per heavy atom. The second kappa shape index (κ2) is 9.89. The first-order valence-corrected chi connectivity index (χ1v) is 9.35. The standard InChI is InChI=1S/C19H22ClN3O5/c1-3-22(4-2)18(24)6-5-11-21-19(25)17-10-9-16(28-17)14-8-7-13(23(26)27)12-15(14)20/h7-10,12H,3-6,11H2,1-2H3,(H,21,25). The summed E-state index contributed by atoms with van der Waals surface area (Å²) >= 11 is 6.08.